The highest BCUT2D eigenvalue weighted by Crippen LogP contribution is 2.34. The van der Waals surface area contributed by atoms with Crippen molar-refractivity contribution in [1.29, 1.82) is 0 Å². The van der Waals surface area contributed by atoms with E-state index in [1.807, 2.05) is 6.92 Å². The van der Waals surface area contributed by atoms with E-state index in [4.69, 9.17) is 15.2 Å². The Hall–Kier alpha value is -2.67. The first kappa shape index (κ1) is 14.7. The van der Waals surface area contributed by atoms with Gasteiger partial charge in [-0.2, -0.15) is 0 Å². The molecule has 21 heavy (non-hydrogen) atoms. The highest BCUT2D eigenvalue weighted by atomic mass is 16.6. The molecule has 0 aliphatic carbocycles. The number of ether oxygens (including phenoxy) is 2. The summed E-state index contributed by atoms with van der Waals surface area (Å²) in [5.74, 6) is 0.951. The van der Waals surface area contributed by atoms with E-state index in [0.717, 1.165) is 5.56 Å². The standard InChI is InChI=1S/C14H15N3O4/c1-9(15)10-5-6-16-14(7-10)21-12-4-3-11(17(18)19)8-13(12)20-2/h3-9H,15H2,1-2H3/t9-/m0/s1. The van der Waals surface area contributed by atoms with Crippen molar-refractivity contribution in [2.24, 2.45) is 5.73 Å². The molecular formula is C14H15N3O4. The second-order valence-electron chi connectivity index (χ2n) is 4.41. The zero-order valence-corrected chi connectivity index (χ0v) is 11.6. The fraction of sp³-hybridized carbons (Fsp3) is 0.214. The average Bonchev–Trinajstić information content (AvgIpc) is 2.47. The molecule has 0 amide bonds. The molecule has 0 aliphatic rings. The third-order valence-electron chi connectivity index (χ3n) is 2.86. The van der Waals surface area contributed by atoms with Gasteiger partial charge in [-0.05, 0) is 24.6 Å². The van der Waals surface area contributed by atoms with Crippen molar-refractivity contribution in [3.8, 4) is 17.4 Å². The van der Waals surface area contributed by atoms with Crippen LogP contribution in [0.5, 0.6) is 17.4 Å². The van der Waals surface area contributed by atoms with Crippen molar-refractivity contribution in [3.63, 3.8) is 0 Å². The van der Waals surface area contributed by atoms with Gasteiger partial charge in [-0.3, -0.25) is 10.1 Å². The molecule has 1 aromatic carbocycles. The van der Waals surface area contributed by atoms with Crippen LogP contribution in [0.15, 0.2) is 36.5 Å². The Morgan fingerprint density at radius 3 is 2.67 bits per heavy atom. The second-order valence-corrected chi connectivity index (χ2v) is 4.41. The minimum Gasteiger partial charge on any atom is -0.493 e. The molecule has 7 nitrogen and oxygen atoms in total. The first-order valence-corrected chi connectivity index (χ1v) is 6.23. The summed E-state index contributed by atoms with van der Waals surface area (Å²) in [6.45, 7) is 1.85. The largest absolute Gasteiger partial charge is 0.493 e. The lowest BCUT2D eigenvalue weighted by Gasteiger charge is -2.11. The zero-order chi connectivity index (χ0) is 15.4. The van der Waals surface area contributed by atoms with E-state index in [9.17, 15) is 10.1 Å². The van der Waals surface area contributed by atoms with Crippen LogP contribution in [0.3, 0.4) is 0 Å². The van der Waals surface area contributed by atoms with Gasteiger partial charge in [-0.1, -0.05) is 0 Å². The van der Waals surface area contributed by atoms with Gasteiger partial charge in [-0.15, -0.1) is 0 Å². The lowest BCUT2D eigenvalue weighted by atomic mass is 10.1. The van der Waals surface area contributed by atoms with Gasteiger partial charge in [0.15, 0.2) is 11.5 Å². The molecule has 0 saturated heterocycles. The predicted octanol–water partition coefficient (Wildman–Crippen LogP) is 2.81. The first-order valence-electron chi connectivity index (χ1n) is 6.23. The van der Waals surface area contributed by atoms with Gasteiger partial charge in [0.05, 0.1) is 18.1 Å². The van der Waals surface area contributed by atoms with Crippen molar-refractivity contribution in [2.75, 3.05) is 7.11 Å². The Bertz CT molecular complexity index is 658. The van der Waals surface area contributed by atoms with Crippen LogP contribution in [0.2, 0.25) is 0 Å². The molecule has 1 atom stereocenters. The van der Waals surface area contributed by atoms with Crippen LogP contribution in [0.25, 0.3) is 0 Å². The second kappa shape index (κ2) is 6.19. The number of nitrogens with zero attached hydrogens (tertiary/aromatic N) is 2. The Balaban J connectivity index is 2.31. The fourth-order valence-corrected chi connectivity index (χ4v) is 1.73. The summed E-state index contributed by atoms with van der Waals surface area (Å²) in [4.78, 5) is 14.3. The topological polar surface area (TPSA) is 101 Å². The molecular weight excluding hydrogens is 274 g/mol. The number of methoxy groups -OCH3 is 1. The average molecular weight is 289 g/mol. The maximum atomic E-state index is 10.7. The quantitative estimate of drug-likeness (QED) is 0.671. The highest BCUT2D eigenvalue weighted by Gasteiger charge is 2.13. The van der Waals surface area contributed by atoms with E-state index >= 15 is 0 Å². The molecule has 0 aliphatic heterocycles. The lowest BCUT2D eigenvalue weighted by Crippen LogP contribution is -2.05. The lowest BCUT2D eigenvalue weighted by molar-refractivity contribution is -0.384. The third-order valence-corrected chi connectivity index (χ3v) is 2.86. The number of pyridine rings is 1. The van der Waals surface area contributed by atoms with E-state index in [1.54, 1.807) is 18.3 Å². The molecule has 7 heteroatoms. The molecule has 2 aromatic rings. The van der Waals surface area contributed by atoms with E-state index in [1.165, 1.54) is 25.3 Å². The highest BCUT2D eigenvalue weighted by molar-refractivity contribution is 5.49. The summed E-state index contributed by atoms with van der Waals surface area (Å²) < 4.78 is 10.7. The minimum atomic E-state index is -0.499. The number of benzene rings is 1. The number of hydrogen-bond acceptors (Lipinski definition) is 6. The van der Waals surface area contributed by atoms with Crippen LogP contribution in [0.4, 0.5) is 5.69 Å². The molecule has 1 aromatic heterocycles. The monoisotopic (exact) mass is 289 g/mol. The van der Waals surface area contributed by atoms with E-state index in [-0.39, 0.29) is 17.5 Å². The van der Waals surface area contributed by atoms with Crippen molar-refractivity contribution in [3.05, 3.63) is 52.2 Å². The molecule has 0 bridgehead atoms. The Morgan fingerprint density at radius 2 is 2.05 bits per heavy atom. The number of hydrogen-bond donors (Lipinski definition) is 1. The molecule has 0 spiro atoms. The molecule has 0 fully saturated rings. The number of rotatable bonds is 5. The zero-order valence-electron chi connectivity index (χ0n) is 11.6. The van der Waals surface area contributed by atoms with Gasteiger partial charge in [0.2, 0.25) is 5.88 Å². The van der Waals surface area contributed by atoms with E-state index < -0.39 is 4.92 Å². The van der Waals surface area contributed by atoms with Crippen LogP contribution in [-0.2, 0) is 0 Å². The van der Waals surface area contributed by atoms with E-state index in [2.05, 4.69) is 4.98 Å². The van der Waals surface area contributed by atoms with Crippen molar-refractivity contribution >= 4 is 5.69 Å². The van der Waals surface area contributed by atoms with Crippen LogP contribution >= 0.6 is 0 Å². The summed E-state index contributed by atoms with van der Waals surface area (Å²) in [5.41, 5.74) is 6.61. The maximum absolute atomic E-state index is 10.7. The van der Waals surface area contributed by atoms with Crippen molar-refractivity contribution in [2.45, 2.75) is 13.0 Å². The smallest absolute Gasteiger partial charge is 0.273 e. The first-order chi connectivity index (χ1) is 10.0. The number of non-ortho nitro benzene ring substituents is 1. The number of nitrogens with two attached hydrogens (primary N) is 1. The molecule has 1 heterocycles. The maximum Gasteiger partial charge on any atom is 0.273 e. The minimum absolute atomic E-state index is 0.0727. The number of nitro benzene ring substituents is 1. The molecule has 110 valence electrons. The van der Waals surface area contributed by atoms with Gasteiger partial charge in [-0.25, -0.2) is 4.98 Å². The summed E-state index contributed by atoms with van der Waals surface area (Å²) in [6.07, 6.45) is 1.59. The van der Waals surface area contributed by atoms with Gasteiger partial charge >= 0.3 is 0 Å². The molecule has 0 saturated carbocycles. The van der Waals surface area contributed by atoms with E-state index in [0.29, 0.717) is 11.6 Å². The van der Waals surface area contributed by atoms with Gasteiger partial charge in [0.25, 0.3) is 5.69 Å². The molecule has 0 radical (unpaired) electrons. The van der Waals surface area contributed by atoms with Gasteiger partial charge < -0.3 is 15.2 Å². The predicted molar refractivity (Wildman–Crippen MR) is 76.6 cm³/mol. The molecule has 2 rings (SSSR count). The van der Waals surface area contributed by atoms with Crippen LogP contribution < -0.4 is 15.2 Å². The van der Waals surface area contributed by atoms with Crippen molar-refractivity contribution in [1.82, 2.24) is 4.98 Å². The summed E-state index contributed by atoms with van der Waals surface area (Å²) in [5, 5.41) is 10.7. The normalized spacial score (nSPS) is 11.8. The molecule has 0 unspecified atom stereocenters. The molecule has 2 N–H and O–H groups in total. The van der Waals surface area contributed by atoms with Gasteiger partial charge in [0.1, 0.15) is 0 Å². The Kier molecular flexibility index (Phi) is 4.34. The van der Waals surface area contributed by atoms with Gasteiger partial charge in [0, 0.05) is 24.4 Å². The Morgan fingerprint density at radius 1 is 1.29 bits per heavy atom. The Labute approximate surface area is 121 Å². The summed E-state index contributed by atoms with van der Waals surface area (Å²) >= 11 is 0. The SMILES string of the molecule is COc1cc([N+](=O)[O-])ccc1Oc1cc([C@H](C)N)ccn1. The third kappa shape index (κ3) is 3.46. The number of nitro groups is 1. The number of aromatic nitrogens is 1. The van der Waals surface area contributed by atoms with Crippen LogP contribution in [0, 0.1) is 10.1 Å². The van der Waals surface area contributed by atoms with Crippen LogP contribution in [0.1, 0.15) is 18.5 Å². The van der Waals surface area contributed by atoms with Crippen LogP contribution in [-0.4, -0.2) is 17.0 Å². The van der Waals surface area contributed by atoms with Crippen molar-refractivity contribution < 1.29 is 14.4 Å². The fourth-order valence-electron chi connectivity index (χ4n) is 1.73. The summed E-state index contributed by atoms with van der Waals surface area (Å²) in [7, 11) is 1.41. The summed E-state index contributed by atoms with van der Waals surface area (Å²) in [6, 6.07) is 7.47.